The topological polar surface area (TPSA) is 17.3 Å². The molecule has 2 heterocycles. The minimum Gasteiger partial charge on any atom is -0.306 e. The van der Waals surface area contributed by atoms with Crippen LogP contribution in [0.2, 0.25) is 0 Å². The molecule has 5 heteroatoms. The SMILES string of the molecule is Cc1cc(C)c(C)c(-c2cn3cc(C(F)(F)F)ccc3n2)c1C. The highest BCUT2D eigenvalue weighted by atomic mass is 19.4. The van der Waals surface area contributed by atoms with E-state index in [0.29, 0.717) is 11.3 Å². The summed E-state index contributed by atoms with van der Waals surface area (Å²) in [5.41, 5.74) is 6.03. The van der Waals surface area contributed by atoms with Crippen LogP contribution in [-0.4, -0.2) is 9.38 Å². The highest BCUT2D eigenvalue weighted by Crippen LogP contribution is 2.33. The molecular formula is C18H17F3N2. The molecule has 3 rings (SSSR count). The minimum absolute atomic E-state index is 0.506. The summed E-state index contributed by atoms with van der Waals surface area (Å²) in [7, 11) is 0. The van der Waals surface area contributed by atoms with Crippen LogP contribution in [0.25, 0.3) is 16.9 Å². The summed E-state index contributed by atoms with van der Waals surface area (Å²) in [6.45, 7) is 8.09. The summed E-state index contributed by atoms with van der Waals surface area (Å²) in [4.78, 5) is 4.51. The first kappa shape index (κ1) is 15.6. The van der Waals surface area contributed by atoms with Gasteiger partial charge in [0.15, 0.2) is 0 Å². The van der Waals surface area contributed by atoms with Gasteiger partial charge in [-0.3, -0.25) is 0 Å². The summed E-state index contributed by atoms with van der Waals surface area (Å²) in [5, 5.41) is 0. The van der Waals surface area contributed by atoms with E-state index in [2.05, 4.69) is 11.1 Å². The lowest BCUT2D eigenvalue weighted by Crippen LogP contribution is -2.05. The fraction of sp³-hybridized carbons (Fsp3) is 0.278. The van der Waals surface area contributed by atoms with Gasteiger partial charge in [-0.1, -0.05) is 6.07 Å². The van der Waals surface area contributed by atoms with E-state index in [9.17, 15) is 13.2 Å². The Morgan fingerprint density at radius 2 is 1.52 bits per heavy atom. The van der Waals surface area contributed by atoms with Crippen LogP contribution in [-0.2, 0) is 6.18 Å². The molecule has 0 aliphatic carbocycles. The number of rotatable bonds is 1. The van der Waals surface area contributed by atoms with E-state index in [1.807, 2.05) is 27.7 Å². The van der Waals surface area contributed by atoms with Gasteiger partial charge in [-0.2, -0.15) is 13.2 Å². The Bertz CT molecular complexity index is 879. The maximum absolute atomic E-state index is 12.8. The molecule has 0 fully saturated rings. The first-order chi connectivity index (χ1) is 10.7. The number of nitrogens with zero attached hydrogens (tertiary/aromatic N) is 2. The van der Waals surface area contributed by atoms with Crippen molar-refractivity contribution in [1.29, 1.82) is 0 Å². The summed E-state index contributed by atoms with van der Waals surface area (Å²) in [6, 6.07) is 4.58. The number of fused-ring (bicyclic) bond motifs is 1. The van der Waals surface area contributed by atoms with Crippen molar-refractivity contribution in [2.24, 2.45) is 0 Å². The Kier molecular flexibility index (Phi) is 3.47. The van der Waals surface area contributed by atoms with Crippen LogP contribution in [0.15, 0.2) is 30.6 Å². The largest absolute Gasteiger partial charge is 0.417 e. The molecule has 0 aliphatic rings. The summed E-state index contributed by atoms with van der Waals surface area (Å²) in [5.74, 6) is 0. The second-order valence-electron chi connectivity index (χ2n) is 5.94. The van der Waals surface area contributed by atoms with Gasteiger partial charge in [-0.05, 0) is 62.1 Å². The third kappa shape index (κ3) is 2.60. The molecule has 0 saturated heterocycles. The Morgan fingerprint density at radius 1 is 0.913 bits per heavy atom. The Morgan fingerprint density at radius 3 is 2.09 bits per heavy atom. The summed E-state index contributed by atoms with van der Waals surface area (Å²) >= 11 is 0. The number of hydrogen-bond acceptors (Lipinski definition) is 1. The maximum Gasteiger partial charge on any atom is 0.417 e. The van der Waals surface area contributed by atoms with Crippen molar-refractivity contribution < 1.29 is 13.2 Å². The van der Waals surface area contributed by atoms with Crippen LogP contribution in [0.4, 0.5) is 13.2 Å². The van der Waals surface area contributed by atoms with Gasteiger partial charge in [-0.25, -0.2) is 4.98 Å². The van der Waals surface area contributed by atoms with Crippen molar-refractivity contribution >= 4 is 5.65 Å². The first-order valence-corrected chi connectivity index (χ1v) is 7.32. The number of aryl methyl sites for hydroxylation is 2. The third-order valence-corrected chi connectivity index (χ3v) is 4.40. The molecule has 0 spiro atoms. The molecule has 2 nitrogen and oxygen atoms in total. The Hall–Kier alpha value is -2.30. The van der Waals surface area contributed by atoms with E-state index in [4.69, 9.17) is 0 Å². The zero-order valence-corrected chi connectivity index (χ0v) is 13.4. The van der Waals surface area contributed by atoms with Crippen molar-refractivity contribution in [3.05, 3.63) is 58.4 Å². The number of benzene rings is 1. The van der Waals surface area contributed by atoms with Crippen LogP contribution in [0.3, 0.4) is 0 Å². The molecule has 0 radical (unpaired) electrons. The van der Waals surface area contributed by atoms with Crippen molar-refractivity contribution in [2.75, 3.05) is 0 Å². The van der Waals surface area contributed by atoms with Crippen molar-refractivity contribution in [2.45, 2.75) is 33.9 Å². The average Bonchev–Trinajstić information content (AvgIpc) is 2.87. The van der Waals surface area contributed by atoms with Gasteiger partial charge >= 0.3 is 6.18 Å². The van der Waals surface area contributed by atoms with Crippen LogP contribution in [0, 0.1) is 27.7 Å². The molecule has 0 N–H and O–H groups in total. The van der Waals surface area contributed by atoms with Crippen LogP contribution < -0.4 is 0 Å². The molecule has 120 valence electrons. The molecule has 2 aromatic heterocycles. The van der Waals surface area contributed by atoms with Gasteiger partial charge in [0.2, 0.25) is 0 Å². The number of imidazole rings is 1. The lowest BCUT2D eigenvalue weighted by atomic mass is 9.93. The second-order valence-corrected chi connectivity index (χ2v) is 5.94. The Balaban J connectivity index is 2.23. The molecule has 0 bridgehead atoms. The molecule has 23 heavy (non-hydrogen) atoms. The number of alkyl halides is 3. The Labute approximate surface area is 132 Å². The van der Waals surface area contributed by atoms with Crippen molar-refractivity contribution in [3.63, 3.8) is 0 Å². The van der Waals surface area contributed by atoms with E-state index < -0.39 is 11.7 Å². The van der Waals surface area contributed by atoms with Crippen LogP contribution in [0.1, 0.15) is 27.8 Å². The van der Waals surface area contributed by atoms with Gasteiger partial charge in [0.1, 0.15) is 5.65 Å². The van der Waals surface area contributed by atoms with E-state index in [0.717, 1.165) is 40.1 Å². The fourth-order valence-electron chi connectivity index (χ4n) is 2.88. The predicted octanol–water partition coefficient (Wildman–Crippen LogP) is 5.25. The number of halogens is 3. The predicted molar refractivity (Wildman–Crippen MR) is 84.6 cm³/mol. The lowest BCUT2D eigenvalue weighted by molar-refractivity contribution is -0.137. The van der Waals surface area contributed by atoms with E-state index >= 15 is 0 Å². The number of aromatic nitrogens is 2. The smallest absolute Gasteiger partial charge is 0.306 e. The number of hydrogen-bond donors (Lipinski definition) is 0. The monoisotopic (exact) mass is 318 g/mol. The molecule has 3 aromatic rings. The minimum atomic E-state index is -4.36. The number of pyridine rings is 1. The standard InChI is InChI=1S/C18H17F3N2/c1-10-7-11(2)13(4)17(12(10)3)15-9-23-8-14(18(19,20)21)5-6-16(23)22-15/h5-9H,1-4H3. The van der Waals surface area contributed by atoms with Crippen LogP contribution in [0.5, 0.6) is 0 Å². The summed E-state index contributed by atoms with van der Waals surface area (Å²) < 4.78 is 40.0. The fourth-order valence-corrected chi connectivity index (χ4v) is 2.88. The molecular weight excluding hydrogens is 301 g/mol. The molecule has 1 aromatic carbocycles. The van der Waals surface area contributed by atoms with Gasteiger partial charge in [0.25, 0.3) is 0 Å². The van der Waals surface area contributed by atoms with E-state index in [-0.39, 0.29) is 0 Å². The third-order valence-electron chi connectivity index (χ3n) is 4.40. The molecule has 0 unspecified atom stereocenters. The second kappa shape index (κ2) is 5.11. The van der Waals surface area contributed by atoms with Gasteiger partial charge in [-0.15, -0.1) is 0 Å². The van der Waals surface area contributed by atoms with E-state index in [1.54, 1.807) is 6.20 Å². The zero-order valence-electron chi connectivity index (χ0n) is 13.4. The van der Waals surface area contributed by atoms with Crippen LogP contribution >= 0.6 is 0 Å². The highest BCUT2D eigenvalue weighted by molar-refractivity contribution is 5.72. The van der Waals surface area contributed by atoms with Crippen molar-refractivity contribution in [3.8, 4) is 11.3 Å². The molecule has 0 atom stereocenters. The van der Waals surface area contributed by atoms with Crippen molar-refractivity contribution in [1.82, 2.24) is 9.38 Å². The average molecular weight is 318 g/mol. The van der Waals surface area contributed by atoms with Gasteiger partial charge < -0.3 is 4.40 Å². The van der Waals surface area contributed by atoms with Gasteiger partial charge in [0, 0.05) is 18.0 Å². The first-order valence-electron chi connectivity index (χ1n) is 7.32. The quantitative estimate of drug-likeness (QED) is 0.599. The molecule has 0 aliphatic heterocycles. The highest BCUT2D eigenvalue weighted by Gasteiger charge is 2.31. The molecule has 0 saturated carbocycles. The molecule has 0 amide bonds. The summed E-state index contributed by atoms with van der Waals surface area (Å²) in [6.07, 6.45) is -1.61. The zero-order chi connectivity index (χ0) is 16.9. The normalized spacial score (nSPS) is 12.1. The lowest BCUT2D eigenvalue weighted by Gasteiger charge is -2.13. The van der Waals surface area contributed by atoms with E-state index in [1.165, 1.54) is 10.5 Å². The van der Waals surface area contributed by atoms with Gasteiger partial charge in [0.05, 0.1) is 11.3 Å². The maximum atomic E-state index is 12.8.